The van der Waals surface area contributed by atoms with E-state index in [0.29, 0.717) is 17.5 Å². The number of hydrogen-bond donors (Lipinski definition) is 0. The van der Waals surface area contributed by atoms with Crippen molar-refractivity contribution in [3.8, 4) is 56.4 Å². The molecule has 0 spiro atoms. The topological polar surface area (TPSA) is 51.8 Å². The maximum absolute atomic E-state index is 6.61. The third kappa shape index (κ3) is 4.44. The molecule has 262 valence electrons. The molecule has 2 heterocycles. The van der Waals surface area contributed by atoms with Gasteiger partial charge in [-0.25, -0.2) is 15.0 Å². The van der Waals surface area contributed by atoms with Gasteiger partial charge < -0.3 is 4.42 Å². The van der Waals surface area contributed by atoms with E-state index in [4.69, 9.17) is 19.4 Å². The van der Waals surface area contributed by atoms with E-state index in [0.717, 1.165) is 55.8 Å². The summed E-state index contributed by atoms with van der Waals surface area (Å²) in [6.07, 6.45) is 0.897. The van der Waals surface area contributed by atoms with Crippen LogP contribution in [0.25, 0.3) is 89.1 Å². The first-order valence-electron chi connectivity index (χ1n) is 19.2. The van der Waals surface area contributed by atoms with Gasteiger partial charge in [-0.15, -0.1) is 0 Å². The van der Waals surface area contributed by atoms with Gasteiger partial charge in [0.05, 0.1) is 0 Å². The average Bonchev–Trinajstić information content (AvgIpc) is 3.92. The van der Waals surface area contributed by atoms with Gasteiger partial charge in [0.25, 0.3) is 0 Å². The lowest BCUT2D eigenvalue weighted by Gasteiger charge is -2.28. The van der Waals surface area contributed by atoms with Gasteiger partial charge in [0.15, 0.2) is 17.5 Å². The minimum atomic E-state index is -0.285. The minimum Gasteiger partial charge on any atom is -0.455 e. The molecule has 0 bridgehead atoms. The minimum absolute atomic E-state index is 0.285. The Kier molecular flexibility index (Phi) is 6.50. The SMILES string of the molecule is CC1(c2ccc(-c3nc(-c4ccc5c(c4)oc4c6ccccc6ccc54)nc(-c4cccc5c4-c4ccccc4C5)n3)cc2)c2ccccc2-c2ccccc21. The first kappa shape index (κ1) is 31.2. The number of rotatable bonds is 4. The summed E-state index contributed by atoms with van der Waals surface area (Å²) < 4.78 is 6.61. The lowest BCUT2D eigenvalue weighted by Crippen LogP contribution is -2.22. The van der Waals surface area contributed by atoms with Crippen LogP contribution in [0.1, 0.15) is 34.7 Å². The largest absolute Gasteiger partial charge is 0.455 e. The molecular formula is C52H33N3O. The molecule has 4 nitrogen and oxygen atoms in total. The van der Waals surface area contributed by atoms with Crippen molar-refractivity contribution >= 4 is 32.7 Å². The van der Waals surface area contributed by atoms with Crippen LogP contribution >= 0.6 is 0 Å². The molecule has 2 aromatic heterocycles. The quantitative estimate of drug-likeness (QED) is 0.182. The zero-order valence-corrected chi connectivity index (χ0v) is 30.6. The molecule has 0 radical (unpaired) electrons. The monoisotopic (exact) mass is 715 g/mol. The van der Waals surface area contributed by atoms with Crippen LogP contribution in [0, 0.1) is 0 Å². The second-order valence-electron chi connectivity index (χ2n) is 15.2. The highest BCUT2D eigenvalue weighted by Crippen LogP contribution is 2.52. The van der Waals surface area contributed by atoms with Crippen molar-refractivity contribution in [3.63, 3.8) is 0 Å². The second kappa shape index (κ2) is 11.7. The summed E-state index contributed by atoms with van der Waals surface area (Å²) in [4.78, 5) is 15.7. The van der Waals surface area contributed by atoms with Crippen LogP contribution in [0.5, 0.6) is 0 Å². The fraction of sp³-hybridized carbons (Fsp3) is 0.0577. The molecule has 4 heteroatoms. The molecule has 8 aromatic carbocycles. The van der Waals surface area contributed by atoms with Crippen LogP contribution in [0.3, 0.4) is 0 Å². The molecule has 0 saturated heterocycles. The van der Waals surface area contributed by atoms with Crippen LogP contribution in [-0.2, 0) is 11.8 Å². The third-order valence-corrected chi connectivity index (χ3v) is 12.3. The van der Waals surface area contributed by atoms with Gasteiger partial charge in [0.2, 0.25) is 0 Å². The molecule has 0 unspecified atom stereocenters. The predicted octanol–water partition coefficient (Wildman–Crippen LogP) is 12.8. The van der Waals surface area contributed by atoms with E-state index in [1.54, 1.807) is 0 Å². The van der Waals surface area contributed by atoms with E-state index in [1.807, 2.05) is 0 Å². The average molecular weight is 716 g/mol. The van der Waals surface area contributed by atoms with Gasteiger partial charge in [-0.2, -0.15) is 0 Å². The van der Waals surface area contributed by atoms with Crippen molar-refractivity contribution in [3.05, 3.63) is 198 Å². The van der Waals surface area contributed by atoms with Gasteiger partial charge in [0.1, 0.15) is 11.2 Å². The van der Waals surface area contributed by atoms with E-state index < -0.39 is 0 Å². The Hall–Kier alpha value is -7.17. The molecule has 12 rings (SSSR count). The van der Waals surface area contributed by atoms with Gasteiger partial charge in [-0.05, 0) is 87.0 Å². The maximum atomic E-state index is 6.61. The van der Waals surface area contributed by atoms with E-state index in [2.05, 4.69) is 177 Å². The summed E-state index contributed by atoms with van der Waals surface area (Å²) in [6, 6.07) is 60.6. The van der Waals surface area contributed by atoms with Gasteiger partial charge in [0, 0.05) is 38.3 Å². The number of nitrogens with zero attached hydrogens (tertiary/aromatic N) is 3. The van der Waals surface area contributed by atoms with Crippen molar-refractivity contribution in [2.45, 2.75) is 18.8 Å². The van der Waals surface area contributed by atoms with Crippen LogP contribution in [0.4, 0.5) is 0 Å². The van der Waals surface area contributed by atoms with Crippen LogP contribution in [-0.4, -0.2) is 15.0 Å². The van der Waals surface area contributed by atoms with Crippen molar-refractivity contribution in [1.29, 1.82) is 0 Å². The highest BCUT2D eigenvalue weighted by atomic mass is 16.3. The molecule has 2 aliphatic carbocycles. The zero-order valence-electron chi connectivity index (χ0n) is 30.6. The predicted molar refractivity (Wildman–Crippen MR) is 227 cm³/mol. The Morgan fingerprint density at radius 2 is 1.07 bits per heavy atom. The molecule has 2 aliphatic rings. The summed E-state index contributed by atoms with van der Waals surface area (Å²) in [5.74, 6) is 1.90. The highest BCUT2D eigenvalue weighted by Gasteiger charge is 2.40. The lowest BCUT2D eigenvalue weighted by atomic mass is 9.74. The molecule has 0 amide bonds. The van der Waals surface area contributed by atoms with Crippen LogP contribution in [0.15, 0.2) is 174 Å². The Bertz CT molecular complexity index is 3200. The third-order valence-electron chi connectivity index (χ3n) is 12.3. The van der Waals surface area contributed by atoms with Crippen molar-refractivity contribution in [2.75, 3.05) is 0 Å². The normalized spacial score (nSPS) is 13.5. The standard InChI is InChI=1S/C52H33N3O/c1-52(44-19-8-6-16-39(44)40-17-7-9-20-45(40)52)36-25-21-32(22-26-36)49-53-50(55-51(54-49)43-18-10-13-34-29-33-12-3-4-14-37(33)47(34)43)35-24-27-41-42-28-23-31-11-2-5-15-38(31)48(42)56-46(41)30-35/h2-28,30H,29H2,1H3. The molecule has 10 aromatic rings. The molecule has 0 atom stereocenters. The van der Waals surface area contributed by atoms with E-state index in [-0.39, 0.29) is 5.41 Å². The van der Waals surface area contributed by atoms with Gasteiger partial charge in [-0.1, -0.05) is 152 Å². The van der Waals surface area contributed by atoms with Crippen LogP contribution in [0.2, 0.25) is 0 Å². The number of aromatic nitrogens is 3. The Labute approximate surface area is 323 Å². The van der Waals surface area contributed by atoms with Crippen molar-refractivity contribution in [1.82, 2.24) is 15.0 Å². The fourth-order valence-electron chi connectivity index (χ4n) is 9.49. The molecule has 0 aliphatic heterocycles. The fourth-order valence-corrected chi connectivity index (χ4v) is 9.49. The number of hydrogen-bond acceptors (Lipinski definition) is 4. The summed E-state index contributed by atoms with van der Waals surface area (Å²) in [5.41, 5.74) is 15.8. The first-order valence-corrected chi connectivity index (χ1v) is 19.2. The lowest BCUT2D eigenvalue weighted by molar-refractivity contribution is 0.673. The van der Waals surface area contributed by atoms with E-state index in [1.165, 1.54) is 50.1 Å². The highest BCUT2D eigenvalue weighted by molar-refractivity contribution is 6.15. The number of benzene rings is 8. The van der Waals surface area contributed by atoms with E-state index in [9.17, 15) is 0 Å². The number of furan rings is 1. The number of fused-ring (bicyclic) bond motifs is 11. The molecule has 0 N–H and O–H groups in total. The summed E-state index contributed by atoms with van der Waals surface area (Å²) in [7, 11) is 0. The molecule has 0 fully saturated rings. The Morgan fingerprint density at radius 1 is 0.464 bits per heavy atom. The van der Waals surface area contributed by atoms with Crippen LogP contribution < -0.4 is 0 Å². The summed E-state index contributed by atoms with van der Waals surface area (Å²) in [6.45, 7) is 2.34. The molecular weight excluding hydrogens is 683 g/mol. The zero-order chi connectivity index (χ0) is 37.0. The Balaban J connectivity index is 1.03. The first-order chi connectivity index (χ1) is 27.6. The van der Waals surface area contributed by atoms with Gasteiger partial charge >= 0.3 is 0 Å². The molecule has 56 heavy (non-hydrogen) atoms. The maximum Gasteiger partial charge on any atom is 0.164 e. The van der Waals surface area contributed by atoms with Crippen molar-refractivity contribution < 1.29 is 4.42 Å². The second-order valence-corrected chi connectivity index (χ2v) is 15.2. The van der Waals surface area contributed by atoms with E-state index >= 15 is 0 Å². The summed E-state index contributed by atoms with van der Waals surface area (Å²) >= 11 is 0. The summed E-state index contributed by atoms with van der Waals surface area (Å²) in [5, 5.41) is 4.43. The Morgan fingerprint density at radius 3 is 1.88 bits per heavy atom. The van der Waals surface area contributed by atoms with Gasteiger partial charge in [-0.3, -0.25) is 0 Å². The smallest absolute Gasteiger partial charge is 0.164 e. The van der Waals surface area contributed by atoms with Crippen molar-refractivity contribution in [2.24, 2.45) is 0 Å². The molecule has 0 saturated carbocycles.